The number of hydrogen-bond acceptors (Lipinski definition) is 4. The van der Waals surface area contributed by atoms with Crippen LogP contribution in [-0.2, 0) is 11.2 Å². The third-order valence-electron chi connectivity index (χ3n) is 5.65. The molecule has 27 heavy (non-hydrogen) atoms. The van der Waals surface area contributed by atoms with Crippen molar-refractivity contribution in [3.63, 3.8) is 0 Å². The molecule has 142 valence electrons. The number of carbonyl (C=O) groups excluding carboxylic acids is 1. The van der Waals surface area contributed by atoms with Gasteiger partial charge in [-0.25, -0.2) is 14.4 Å². The first kappa shape index (κ1) is 18.2. The summed E-state index contributed by atoms with van der Waals surface area (Å²) in [5.41, 5.74) is 1.07. The number of carbonyl (C=O) groups is 1. The van der Waals surface area contributed by atoms with Crippen LogP contribution in [0.2, 0.25) is 5.02 Å². The molecule has 2 aliphatic rings. The number of piperidine rings is 1. The molecule has 0 aliphatic carbocycles. The molecule has 3 heterocycles. The van der Waals surface area contributed by atoms with Crippen molar-refractivity contribution in [3.8, 4) is 0 Å². The van der Waals surface area contributed by atoms with Gasteiger partial charge in [0.1, 0.15) is 6.33 Å². The van der Waals surface area contributed by atoms with E-state index in [2.05, 4.69) is 9.97 Å². The molecule has 5 nitrogen and oxygen atoms in total. The highest BCUT2D eigenvalue weighted by atomic mass is 35.5. The van der Waals surface area contributed by atoms with Crippen LogP contribution in [0.5, 0.6) is 0 Å². The predicted octanol–water partition coefficient (Wildman–Crippen LogP) is 3.33. The van der Waals surface area contributed by atoms with Gasteiger partial charge in [-0.3, -0.25) is 4.79 Å². The fraction of sp³-hybridized carbons (Fsp3) is 0.450. The minimum Gasteiger partial charge on any atom is -0.352 e. The number of aromatic nitrogens is 2. The van der Waals surface area contributed by atoms with Crippen LogP contribution >= 0.6 is 11.6 Å². The van der Waals surface area contributed by atoms with Gasteiger partial charge in [0.2, 0.25) is 5.91 Å². The van der Waals surface area contributed by atoms with Gasteiger partial charge < -0.3 is 9.80 Å². The first-order valence-corrected chi connectivity index (χ1v) is 9.74. The zero-order valence-electron chi connectivity index (χ0n) is 15.0. The fourth-order valence-corrected chi connectivity index (χ4v) is 4.48. The molecule has 2 fully saturated rings. The number of amides is 1. The van der Waals surface area contributed by atoms with E-state index in [1.165, 1.54) is 12.5 Å². The van der Waals surface area contributed by atoms with Crippen LogP contribution in [0.4, 0.5) is 10.2 Å². The third-order valence-corrected chi connectivity index (χ3v) is 5.88. The molecular formula is C20H22ClFN4O. The highest BCUT2D eigenvalue weighted by Gasteiger charge is 2.41. The molecule has 0 radical (unpaired) electrons. The van der Waals surface area contributed by atoms with Gasteiger partial charge in [-0.2, -0.15) is 0 Å². The average molecular weight is 389 g/mol. The van der Waals surface area contributed by atoms with E-state index in [1.807, 2.05) is 34.1 Å². The van der Waals surface area contributed by atoms with E-state index < -0.39 is 5.82 Å². The fourth-order valence-electron chi connectivity index (χ4n) is 4.27. The van der Waals surface area contributed by atoms with Crippen molar-refractivity contribution in [2.75, 3.05) is 24.5 Å². The molecule has 4 rings (SSSR count). The van der Waals surface area contributed by atoms with Crippen LogP contribution in [0, 0.1) is 11.7 Å². The van der Waals surface area contributed by atoms with E-state index in [-0.39, 0.29) is 11.9 Å². The van der Waals surface area contributed by atoms with E-state index in [4.69, 9.17) is 11.6 Å². The van der Waals surface area contributed by atoms with E-state index in [1.54, 1.807) is 0 Å². The smallest absolute Gasteiger partial charge is 0.223 e. The minimum atomic E-state index is -0.409. The van der Waals surface area contributed by atoms with E-state index in [0.717, 1.165) is 31.5 Å². The Morgan fingerprint density at radius 3 is 2.96 bits per heavy atom. The van der Waals surface area contributed by atoms with Gasteiger partial charge in [0.05, 0.1) is 12.2 Å². The number of nitrogens with zero attached hydrogens (tertiary/aromatic N) is 4. The zero-order chi connectivity index (χ0) is 18.8. The Bertz CT molecular complexity index is 833. The van der Waals surface area contributed by atoms with Crippen LogP contribution in [0.3, 0.4) is 0 Å². The Labute approximate surface area is 163 Å². The summed E-state index contributed by atoms with van der Waals surface area (Å²) in [6, 6.07) is 7.76. The molecule has 1 aromatic carbocycles. The SMILES string of the molecule is O=C(CCc1cccc(Cl)c1)N1CCC2CCN(c3ncncc3F)CC21. The normalized spacial score (nSPS) is 22.0. The van der Waals surface area contributed by atoms with Crippen molar-refractivity contribution < 1.29 is 9.18 Å². The highest BCUT2D eigenvalue weighted by molar-refractivity contribution is 6.30. The lowest BCUT2D eigenvalue weighted by atomic mass is 9.92. The van der Waals surface area contributed by atoms with Crippen LogP contribution in [-0.4, -0.2) is 46.5 Å². The van der Waals surface area contributed by atoms with Crippen molar-refractivity contribution in [3.05, 3.63) is 53.2 Å². The summed E-state index contributed by atoms with van der Waals surface area (Å²) in [4.78, 5) is 24.6. The molecule has 0 saturated carbocycles. The monoisotopic (exact) mass is 388 g/mol. The number of rotatable bonds is 4. The van der Waals surface area contributed by atoms with Crippen LogP contribution in [0.1, 0.15) is 24.8 Å². The molecule has 2 unspecified atom stereocenters. The number of fused-ring (bicyclic) bond motifs is 1. The number of likely N-dealkylation sites (tertiary alicyclic amines) is 1. The number of aryl methyl sites for hydroxylation is 1. The standard InChI is InChI=1S/C20H22ClFN4O/c21-16-3-1-2-14(10-16)4-5-19(27)26-9-7-15-6-8-25(12-18(15)26)20-17(22)11-23-13-24-20/h1-3,10-11,13,15,18H,4-9,12H2. The number of anilines is 1. The molecule has 2 aromatic rings. The number of hydrogen-bond donors (Lipinski definition) is 0. The van der Waals surface area contributed by atoms with Gasteiger partial charge in [-0.15, -0.1) is 0 Å². The molecule has 7 heteroatoms. The average Bonchev–Trinajstić information content (AvgIpc) is 3.10. The summed E-state index contributed by atoms with van der Waals surface area (Å²) >= 11 is 6.02. The van der Waals surface area contributed by atoms with Crippen molar-refractivity contribution in [1.82, 2.24) is 14.9 Å². The van der Waals surface area contributed by atoms with Gasteiger partial charge in [-0.05, 0) is 42.9 Å². The number of benzene rings is 1. The molecule has 2 aliphatic heterocycles. The largest absolute Gasteiger partial charge is 0.352 e. The summed E-state index contributed by atoms with van der Waals surface area (Å²) in [6.45, 7) is 2.17. The molecule has 1 amide bonds. The lowest BCUT2D eigenvalue weighted by Crippen LogP contribution is -2.50. The second kappa shape index (κ2) is 7.80. The maximum Gasteiger partial charge on any atom is 0.223 e. The van der Waals surface area contributed by atoms with Gasteiger partial charge in [-0.1, -0.05) is 23.7 Å². The minimum absolute atomic E-state index is 0.125. The van der Waals surface area contributed by atoms with Crippen molar-refractivity contribution in [1.29, 1.82) is 0 Å². The molecule has 1 aromatic heterocycles. The Kier molecular flexibility index (Phi) is 5.25. The van der Waals surface area contributed by atoms with Crippen LogP contribution < -0.4 is 4.90 Å². The Hall–Kier alpha value is -2.21. The van der Waals surface area contributed by atoms with Gasteiger partial charge in [0.25, 0.3) is 0 Å². The lowest BCUT2D eigenvalue weighted by molar-refractivity contribution is -0.132. The van der Waals surface area contributed by atoms with Gasteiger partial charge in [0, 0.05) is 31.1 Å². The number of halogens is 2. The predicted molar refractivity (Wildman–Crippen MR) is 102 cm³/mol. The summed E-state index contributed by atoms with van der Waals surface area (Å²) < 4.78 is 14.1. The molecule has 0 N–H and O–H groups in total. The van der Waals surface area contributed by atoms with E-state index in [9.17, 15) is 9.18 Å². The Morgan fingerprint density at radius 2 is 2.15 bits per heavy atom. The molecule has 2 atom stereocenters. The Balaban J connectivity index is 1.41. The molecular weight excluding hydrogens is 367 g/mol. The lowest BCUT2D eigenvalue weighted by Gasteiger charge is -2.39. The zero-order valence-corrected chi connectivity index (χ0v) is 15.8. The Morgan fingerprint density at radius 1 is 1.30 bits per heavy atom. The van der Waals surface area contributed by atoms with Gasteiger partial charge in [0.15, 0.2) is 11.6 Å². The van der Waals surface area contributed by atoms with Gasteiger partial charge >= 0.3 is 0 Å². The summed E-state index contributed by atoms with van der Waals surface area (Å²) in [5, 5.41) is 0.691. The third kappa shape index (κ3) is 3.90. The van der Waals surface area contributed by atoms with Crippen molar-refractivity contribution in [2.24, 2.45) is 5.92 Å². The topological polar surface area (TPSA) is 49.3 Å². The van der Waals surface area contributed by atoms with Crippen LogP contribution in [0.25, 0.3) is 0 Å². The molecule has 0 bridgehead atoms. The van der Waals surface area contributed by atoms with E-state index >= 15 is 0 Å². The van der Waals surface area contributed by atoms with E-state index in [0.29, 0.717) is 36.1 Å². The van der Waals surface area contributed by atoms with Crippen molar-refractivity contribution >= 4 is 23.3 Å². The summed E-state index contributed by atoms with van der Waals surface area (Å²) in [6.07, 6.45) is 5.67. The maximum absolute atomic E-state index is 14.1. The molecule has 0 spiro atoms. The second-order valence-electron chi connectivity index (χ2n) is 7.26. The van der Waals surface area contributed by atoms with Crippen molar-refractivity contribution in [2.45, 2.75) is 31.7 Å². The second-order valence-corrected chi connectivity index (χ2v) is 7.70. The van der Waals surface area contributed by atoms with Crippen LogP contribution in [0.15, 0.2) is 36.8 Å². The summed E-state index contributed by atoms with van der Waals surface area (Å²) in [7, 11) is 0. The first-order valence-electron chi connectivity index (χ1n) is 9.36. The molecule has 2 saturated heterocycles. The summed E-state index contributed by atoms with van der Waals surface area (Å²) in [5.74, 6) is 0.572. The highest BCUT2D eigenvalue weighted by Crippen LogP contribution is 2.34. The quantitative estimate of drug-likeness (QED) is 0.806. The maximum atomic E-state index is 14.1. The first-order chi connectivity index (χ1) is 13.1.